The molecule has 0 radical (unpaired) electrons. The first-order valence-electron chi connectivity index (χ1n) is 9.01. The number of nitrogens with two attached hydrogens (primary N) is 1. The molecule has 0 bridgehead atoms. The number of rotatable bonds is 4. The Balaban J connectivity index is 1.45. The minimum absolute atomic E-state index is 0.0671. The molecule has 1 aromatic carbocycles. The van der Waals surface area contributed by atoms with E-state index in [1.165, 1.54) is 0 Å². The summed E-state index contributed by atoms with van der Waals surface area (Å²) < 4.78 is 1.72. The number of carbonyl (C=O) groups excluding carboxylic acids is 1. The van der Waals surface area contributed by atoms with Gasteiger partial charge >= 0.3 is 0 Å². The third-order valence-corrected chi connectivity index (χ3v) is 5.15. The van der Waals surface area contributed by atoms with E-state index in [1.807, 2.05) is 36.1 Å². The highest BCUT2D eigenvalue weighted by Crippen LogP contribution is 2.21. The summed E-state index contributed by atoms with van der Waals surface area (Å²) in [5.74, 6) is 7.17. The van der Waals surface area contributed by atoms with Crippen LogP contribution in [0.5, 0.6) is 0 Å². The summed E-state index contributed by atoms with van der Waals surface area (Å²) in [4.78, 5) is 16.9. The third-order valence-electron chi connectivity index (χ3n) is 4.92. The SMILES string of the molecule is Cc1nnc2ccc(N3CCN(C(=O)C(NN)c4cccc(Cl)c4)CC3)nn12. The van der Waals surface area contributed by atoms with Gasteiger partial charge in [0.2, 0.25) is 5.91 Å². The van der Waals surface area contributed by atoms with Gasteiger partial charge in [0, 0.05) is 31.2 Å². The van der Waals surface area contributed by atoms with Crippen LogP contribution in [0.2, 0.25) is 5.02 Å². The lowest BCUT2D eigenvalue weighted by Gasteiger charge is -2.36. The molecule has 3 aromatic rings. The molecule has 1 unspecified atom stereocenters. The Bertz CT molecular complexity index is 998. The Hall–Kier alpha value is -2.75. The molecule has 1 fully saturated rings. The number of carbonyl (C=O) groups is 1. The van der Waals surface area contributed by atoms with Gasteiger partial charge in [0.1, 0.15) is 11.9 Å². The first-order chi connectivity index (χ1) is 13.6. The van der Waals surface area contributed by atoms with Crippen LogP contribution < -0.4 is 16.2 Å². The van der Waals surface area contributed by atoms with Gasteiger partial charge in [-0.2, -0.15) is 4.52 Å². The van der Waals surface area contributed by atoms with Crippen molar-refractivity contribution in [2.75, 3.05) is 31.1 Å². The molecule has 4 rings (SSSR count). The van der Waals surface area contributed by atoms with Crippen molar-refractivity contribution in [2.45, 2.75) is 13.0 Å². The monoisotopic (exact) mass is 400 g/mol. The van der Waals surface area contributed by atoms with E-state index in [0.29, 0.717) is 36.8 Å². The van der Waals surface area contributed by atoms with Crippen molar-refractivity contribution in [3.63, 3.8) is 0 Å². The van der Waals surface area contributed by atoms with Crippen molar-refractivity contribution >= 4 is 29.0 Å². The van der Waals surface area contributed by atoms with Crippen molar-refractivity contribution < 1.29 is 4.79 Å². The molecule has 2 aromatic heterocycles. The highest BCUT2D eigenvalue weighted by atomic mass is 35.5. The number of hydrogen-bond acceptors (Lipinski definition) is 7. The molecule has 0 spiro atoms. The van der Waals surface area contributed by atoms with Crippen LogP contribution in [0.15, 0.2) is 36.4 Å². The number of fused-ring (bicyclic) bond motifs is 1. The number of anilines is 1. The third kappa shape index (κ3) is 3.51. The van der Waals surface area contributed by atoms with E-state index in [-0.39, 0.29) is 5.91 Å². The summed E-state index contributed by atoms with van der Waals surface area (Å²) in [6.45, 7) is 4.39. The Kier molecular flexibility index (Phi) is 5.12. The van der Waals surface area contributed by atoms with E-state index >= 15 is 0 Å². The number of hydrogen-bond donors (Lipinski definition) is 2. The van der Waals surface area contributed by atoms with Crippen molar-refractivity contribution in [2.24, 2.45) is 5.84 Å². The van der Waals surface area contributed by atoms with Gasteiger partial charge in [-0.25, -0.2) is 5.43 Å². The van der Waals surface area contributed by atoms with E-state index in [2.05, 4.69) is 25.6 Å². The molecule has 0 aliphatic carbocycles. The number of aryl methyl sites for hydroxylation is 1. The predicted octanol–water partition coefficient (Wildman–Crippen LogP) is 0.939. The molecule has 1 aliphatic rings. The lowest BCUT2D eigenvalue weighted by Crippen LogP contribution is -2.52. The molecule has 1 saturated heterocycles. The summed E-state index contributed by atoms with van der Waals surface area (Å²) in [6.07, 6.45) is 0. The highest BCUT2D eigenvalue weighted by Gasteiger charge is 2.28. The van der Waals surface area contributed by atoms with Crippen molar-refractivity contribution in [3.8, 4) is 0 Å². The van der Waals surface area contributed by atoms with E-state index in [1.54, 1.807) is 16.6 Å². The second-order valence-electron chi connectivity index (χ2n) is 6.68. The Morgan fingerprint density at radius 1 is 1.18 bits per heavy atom. The standard InChI is InChI=1S/C18H21ClN8O/c1-12-22-23-15-5-6-16(24-27(12)15)25-7-9-26(10-8-25)18(28)17(21-20)13-3-2-4-14(19)11-13/h2-6,11,17,21H,7-10,20H2,1H3. The second kappa shape index (κ2) is 7.70. The van der Waals surface area contributed by atoms with Crippen molar-refractivity contribution in [1.29, 1.82) is 0 Å². The van der Waals surface area contributed by atoms with Gasteiger partial charge in [-0.1, -0.05) is 23.7 Å². The van der Waals surface area contributed by atoms with Gasteiger partial charge in [0.25, 0.3) is 0 Å². The van der Waals surface area contributed by atoms with Gasteiger partial charge < -0.3 is 9.80 Å². The number of benzene rings is 1. The molecule has 1 atom stereocenters. The van der Waals surface area contributed by atoms with Gasteiger partial charge in [-0.05, 0) is 36.8 Å². The van der Waals surface area contributed by atoms with Crippen molar-refractivity contribution in [3.05, 3.63) is 52.8 Å². The number of amides is 1. The molecule has 10 heteroatoms. The molecular formula is C18H21ClN8O. The largest absolute Gasteiger partial charge is 0.352 e. The number of nitrogens with one attached hydrogen (secondary N) is 1. The Morgan fingerprint density at radius 2 is 1.96 bits per heavy atom. The molecule has 3 heterocycles. The Labute approximate surface area is 167 Å². The number of aromatic nitrogens is 4. The lowest BCUT2D eigenvalue weighted by atomic mass is 10.1. The number of halogens is 1. The first-order valence-corrected chi connectivity index (χ1v) is 9.39. The van der Waals surface area contributed by atoms with Crippen LogP contribution in [0.4, 0.5) is 5.82 Å². The van der Waals surface area contributed by atoms with Crippen LogP contribution in [-0.4, -0.2) is 56.8 Å². The van der Waals surface area contributed by atoms with Crippen molar-refractivity contribution in [1.82, 2.24) is 30.1 Å². The summed E-state index contributed by atoms with van der Waals surface area (Å²) in [7, 11) is 0. The summed E-state index contributed by atoms with van der Waals surface area (Å²) in [6, 6.07) is 10.4. The zero-order valence-corrected chi connectivity index (χ0v) is 16.2. The summed E-state index contributed by atoms with van der Waals surface area (Å²) in [5.41, 5.74) is 4.08. The summed E-state index contributed by atoms with van der Waals surface area (Å²) >= 11 is 6.05. The predicted molar refractivity (Wildman–Crippen MR) is 106 cm³/mol. The molecule has 0 saturated carbocycles. The maximum absolute atomic E-state index is 13.0. The molecule has 1 aliphatic heterocycles. The minimum Gasteiger partial charge on any atom is -0.352 e. The van der Waals surface area contributed by atoms with Crippen LogP contribution in [0, 0.1) is 6.92 Å². The van der Waals surface area contributed by atoms with E-state index in [0.717, 1.165) is 17.2 Å². The molecule has 146 valence electrons. The van der Waals surface area contributed by atoms with Crippen LogP contribution in [0.25, 0.3) is 5.65 Å². The smallest absolute Gasteiger partial charge is 0.245 e. The van der Waals surface area contributed by atoms with Crippen LogP contribution in [0.1, 0.15) is 17.4 Å². The molecule has 9 nitrogen and oxygen atoms in total. The molecular weight excluding hydrogens is 380 g/mol. The van der Waals surface area contributed by atoms with E-state index in [4.69, 9.17) is 17.4 Å². The van der Waals surface area contributed by atoms with Crippen LogP contribution >= 0.6 is 11.6 Å². The quantitative estimate of drug-likeness (QED) is 0.496. The topological polar surface area (TPSA) is 105 Å². The molecule has 3 N–H and O–H groups in total. The fourth-order valence-electron chi connectivity index (χ4n) is 3.39. The van der Waals surface area contributed by atoms with Gasteiger partial charge in [-0.15, -0.1) is 15.3 Å². The van der Waals surface area contributed by atoms with Gasteiger partial charge in [0.05, 0.1) is 0 Å². The molecule has 28 heavy (non-hydrogen) atoms. The van der Waals surface area contributed by atoms with E-state index < -0.39 is 6.04 Å². The normalized spacial score (nSPS) is 15.8. The zero-order valence-electron chi connectivity index (χ0n) is 15.4. The fourth-order valence-corrected chi connectivity index (χ4v) is 3.59. The maximum Gasteiger partial charge on any atom is 0.245 e. The lowest BCUT2D eigenvalue weighted by molar-refractivity contribution is -0.134. The second-order valence-corrected chi connectivity index (χ2v) is 7.11. The highest BCUT2D eigenvalue weighted by molar-refractivity contribution is 6.30. The van der Waals surface area contributed by atoms with Gasteiger partial charge in [-0.3, -0.25) is 10.6 Å². The van der Waals surface area contributed by atoms with E-state index in [9.17, 15) is 4.79 Å². The number of hydrazine groups is 1. The fraction of sp³-hybridized carbons (Fsp3) is 0.333. The molecule has 1 amide bonds. The minimum atomic E-state index is -0.626. The zero-order chi connectivity index (χ0) is 19.7. The number of nitrogens with zero attached hydrogens (tertiary/aromatic N) is 6. The summed E-state index contributed by atoms with van der Waals surface area (Å²) in [5, 5.41) is 13.3. The van der Waals surface area contributed by atoms with Gasteiger partial charge in [0.15, 0.2) is 11.5 Å². The maximum atomic E-state index is 13.0. The first kappa shape index (κ1) is 18.6. The average Bonchev–Trinajstić information content (AvgIpc) is 3.09. The average molecular weight is 401 g/mol. The van der Waals surface area contributed by atoms with Crippen LogP contribution in [-0.2, 0) is 4.79 Å². The van der Waals surface area contributed by atoms with Crippen LogP contribution in [0.3, 0.4) is 0 Å². The number of piperazine rings is 1. The Morgan fingerprint density at radius 3 is 2.68 bits per heavy atom.